The van der Waals surface area contributed by atoms with Crippen molar-refractivity contribution >= 4 is 27.5 Å². The van der Waals surface area contributed by atoms with Gasteiger partial charge < -0.3 is 10.2 Å². The number of nitrogens with one attached hydrogen (secondary N) is 1. The summed E-state index contributed by atoms with van der Waals surface area (Å²) in [7, 11) is -2.83. The van der Waals surface area contributed by atoms with E-state index in [1.807, 2.05) is 38.1 Å². The Bertz CT molecular complexity index is 1360. The number of rotatable bonds is 10. The second-order valence-corrected chi connectivity index (χ2v) is 10.7. The highest BCUT2D eigenvalue weighted by atomic mass is 32.2. The molecule has 1 atom stereocenters. The number of hydrogen-bond acceptors (Lipinski definition) is 4. The van der Waals surface area contributed by atoms with Gasteiger partial charge in [-0.1, -0.05) is 66.6 Å². The summed E-state index contributed by atoms with van der Waals surface area (Å²) in [5.41, 5.74) is 2.37. The van der Waals surface area contributed by atoms with Gasteiger partial charge >= 0.3 is 0 Å². The van der Waals surface area contributed by atoms with Crippen LogP contribution in [-0.4, -0.2) is 44.8 Å². The zero-order chi connectivity index (χ0) is 27.2. The zero-order valence-electron chi connectivity index (χ0n) is 21.4. The van der Waals surface area contributed by atoms with Crippen molar-refractivity contribution in [3.63, 3.8) is 0 Å². The molecule has 0 aliphatic rings. The van der Waals surface area contributed by atoms with E-state index in [1.165, 1.54) is 42.3 Å². The number of halogens is 1. The van der Waals surface area contributed by atoms with E-state index in [2.05, 4.69) is 5.32 Å². The maximum Gasteiger partial charge on any atom is 0.264 e. The molecule has 0 saturated carbocycles. The van der Waals surface area contributed by atoms with E-state index in [4.69, 9.17) is 0 Å². The first-order chi connectivity index (χ1) is 17.6. The summed E-state index contributed by atoms with van der Waals surface area (Å²) >= 11 is 0. The summed E-state index contributed by atoms with van der Waals surface area (Å²) in [4.78, 5) is 27.8. The molecule has 0 aliphatic carbocycles. The highest BCUT2D eigenvalue weighted by molar-refractivity contribution is 7.92. The Kier molecular flexibility index (Phi) is 9.04. The van der Waals surface area contributed by atoms with Gasteiger partial charge in [0.05, 0.1) is 10.6 Å². The summed E-state index contributed by atoms with van der Waals surface area (Å²) in [5, 5.41) is 2.58. The molecule has 0 fully saturated rings. The number of aryl methyl sites for hydroxylation is 2. The number of sulfonamides is 1. The average Bonchev–Trinajstić information content (AvgIpc) is 2.87. The standard InChI is InChI=1S/C28H32FN3O4S/c1-5-25(28(34)30-4)31(18-22-10-8-9-21(3)17-22)27(33)19-32(26-12-7-6-11-24(26)29)37(35,36)23-15-13-20(2)14-16-23/h6-17,25H,5,18-19H2,1-4H3,(H,30,34). The summed E-state index contributed by atoms with van der Waals surface area (Å²) in [6.07, 6.45) is 0.307. The SMILES string of the molecule is CCC(C(=O)NC)N(Cc1cccc(C)c1)C(=O)CN(c1ccccc1F)S(=O)(=O)c1ccc(C)cc1. The first-order valence-electron chi connectivity index (χ1n) is 12.0. The number of carbonyl (C=O) groups is 2. The Morgan fingerprint density at radius 3 is 2.22 bits per heavy atom. The van der Waals surface area contributed by atoms with Crippen LogP contribution in [0.4, 0.5) is 10.1 Å². The molecule has 3 aromatic carbocycles. The van der Waals surface area contributed by atoms with Crippen LogP contribution < -0.4 is 9.62 Å². The van der Waals surface area contributed by atoms with Crippen LogP contribution in [0.1, 0.15) is 30.0 Å². The molecule has 3 aromatic rings. The second-order valence-electron chi connectivity index (χ2n) is 8.83. The van der Waals surface area contributed by atoms with Gasteiger partial charge in [0.15, 0.2) is 0 Å². The Labute approximate surface area is 218 Å². The summed E-state index contributed by atoms with van der Waals surface area (Å²) in [6, 6.07) is 18.2. The fourth-order valence-corrected chi connectivity index (χ4v) is 5.52. The lowest BCUT2D eigenvalue weighted by Gasteiger charge is -2.33. The molecule has 3 rings (SSSR count). The number of hydrogen-bond donors (Lipinski definition) is 1. The van der Waals surface area contributed by atoms with Gasteiger partial charge in [0.2, 0.25) is 11.8 Å². The lowest BCUT2D eigenvalue weighted by atomic mass is 10.1. The number of amides is 2. The molecule has 1 unspecified atom stereocenters. The van der Waals surface area contributed by atoms with E-state index in [0.717, 1.165) is 27.1 Å². The van der Waals surface area contributed by atoms with Crippen LogP contribution in [0.15, 0.2) is 77.7 Å². The minimum atomic E-state index is -4.31. The maximum atomic E-state index is 14.9. The van der Waals surface area contributed by atoms with Gasteiger partial charge in [-0.15, -0.1) is 0 Å². The van der Waals surface area contributed by atoms with Crippen LogP contribution in [0.5, 0.6) is 0 Å². The van der Waals surface area contributed by atoms with Crippen LogP contribution in [0, 0.1) is 19.7 Å². The van der Waals surface area contributed by atoms with Gasteiger partial charge in [0, 0.05) is 13.6 Å². The number of para-hydroxylation sites is 1. The highest BCUT2D eigenvalue weighted by Gasteiger charge is 2.34. The van der Waals surface area contributed by atoms with E-state index in [1.54, 1.807) is 19.1 Å². The Hall–Kier alpha value is -3.72. The molecule has 7 nitrogen and oxygen atoms in total. The molecule has 0 bridgehead atoms. The molecule has 2 amide bonds. The lowest BCUT2D eigenvalue weighted by Crippen LogP contribution is -2.51. The zero-order valence-corrected chi connectivity index (χ0v) is 22.3. The first kappa shape index (κ1) is 27.9. The smallest absolute Gasteiger partial charge is 0.264 e. The predicted molar refractivity (Wildman–Crippen MR) is 142 cm³/mol. The van der Waals surface area contributed by atoms with E-state index in [-0.39, 0.29) is 23.0 Å². The van der Waals surface area contributed by atoms with Crippen molar-refractivity contribution in [2.45, 2.75) is 44.7 Å². The van der Waals surface area contributed by atoms with Gasteiger partial charge in [-0.3, -0.25) is 13.9 Å². The third-order valence-electron chi connectivity index (χ3n) is 6.08. The van der Waals surface area contributed by atoms with Crippen LogP contribution in [0.2, 0.25) is 0 Å². The molecule has 0 aromatic heterocycles. The van der Waals surface area contributed by atoms with Crippen LogP contribution >= 0.6 is 0 Å². The fourth-order valence-electron chi connectivity index (χ4n) is 4.10. The van der Waals surface area contributed by atoms with E-state index >= 15 is 0 Å². The van der Waals surface area contributed by atoms with Crippen LogP contribution in [0.25, 0.3) is 0 Å². The average molecular weight is 526 g/mol. The van der Waals surface area contributed by atoms with Gasteiger partial charge in [-0.2, -0.15) is 0 Å². The van der Waals surface area contributed by atoms with Crippen molar-refractivity contribution in [3.05, 3.63) is 95.3 Å². The second kappa shape index (κ2) is 12.0. The van der Waals surface area contributed by atoms with Crippen LogP contribution in [-0.2, 0) is 26.2 Å². The van der Waals surface area contributed by atoms with E-state index in [0.29, 0.717) is 6.42 Å². The number of carbonyl (C=O) groups excluding carboxylic acids is 2. The van der Waals surface area contributed by atoms with Gasteiger partial charge in [0.25, 0.3) is 10.0 Å². The van der Waals surface area contributed by atoms with Crippen molar-refractivity contribution in [3.8, 4) is 0 Å². The monoisotopic (exact) mass is 525 g/mol. The topological polar surface area (TPSA) is 86.8 Å². The van der Waals surface area contributed by atoms with Crippen LogP contribution in [0.3, 0.4) is 0 Å². The number of nitrogens with zero attached hydrogens (tertiary/aromatic N) is 2. The molecule has 0 saturated heterocycles. The van der Waals surface area contributed by atoms with Gasteiger partial charge in [0.1, 0.15) is 18.4 Å². The normalized spacial score (nSPS) is 12.0. The van der Waals surface area contributed by atoms with E-state index in [9.17, 15) is 22.4 Å². The third-order valence-corrected chi connectivity index (χ3v) is 7.85. The van der Waals surface area contributed by atoms with Gasteiger partial charge in [-0.25, -0.2) is 12.8 Å². The molecule has 9 heteroatoms. The molecular formula is C28H32FN3O4S. The molecule has 0 aliphatic heterocycles. The predicted octanol–water partition coefficient (Wildman–Crippen LogP) is 4.19. The minimum absolute atomic E-state index is 0.0715. The molecule has 0 heterocycles. The first-order valence-corrected chi connectivity index (χ1v) is 13.4. The maximum absolute atomic E-state index is 14.9. The molecule has 37 heavy (non-hydrogen) atoms. The van der Waals surface area contributed by atoms with Crippen molar-refractivity contribution in [2.24, 2.45) is 0 Å². The minimum Gasteiger partial charge on any atom is -0.357 e. The number of benzene rings is 3. The molecular weight excluding hydrogens is 493 g/mol. The molecule has 1 N–H and O–H groups in total. The molecule has 0 spiro atoms. The Morgan fingerprint density at radius 1 is 0.946 bits per heavy atom. The highest BCUT2D eigenvalue weighted by Crippen LogP contribution is 2.27. The summed E-state index contributed by atoms with van der Waals surface area (Å²) < 4.78 is 43.1. The number of anilines is 1. The van der Waals surface area contributed by atoms with Crippen molar-refractivity contribution in [1.82, 2.24) is 10.2 Å². The molecule has 196 valence electrons. The number of likely N-dealkylation sites (N-methyl/N-ethyl adjacent to an activating group) is 1. The Morgan fingerprint density at radius 2 is 1.62 bits per heavy atom. The third kappa shape index (κ3) is 6.54. The Balaban J connectivity index is 2.07. The van der Waals surface area contributed by atoms with Crippen molar-refractivity contribution in [2.75, 3.05) is 17.9 Å². The van der Waals surface area contributed by atoms with Crippen molar-refractivity contribution in [1.29, 1.82) is 0 Å². The summed E-state index contributed by atoms with van der Waals surface area (Å²) in [6.45, 7) is 4.91. The summed E-state index contributed by atoms with van der Waals surface area (Å²) in [5.74, 6) is -1.78. The quantitative estimate of drug-likeness (QED) is 0.430. The van der Waals surface area contributed by atoms with Gasteiger partial charge in [-0.05, 0) is 50.1 Å². The fraction of sp³-hybridized carbons (Fsp3) is 0.286. The lowest BCUT2D eigenvalue weighted by molar-refractivity contribution is -0.140. The largest absolute Gasteiger partial charge is 0.357 e. The molecule has 0 radical (unpaired) electrons. The van der Waals surface area contributed by atoms with Crippen molar-refractivity contribution < 1.29 is 22.4 Å². The van der Waals surface area contributed by atoms with E-state index < -0.39 is 34.3 Å².